The summed E-state index contributed by atoms with van der Waals surface area (Å²) in [4.78, 5) is 36.5. The van der Waals surface area contributed by atoms with Gasteiger partial charge in [-0.25, -0.2) is 4.79 Å². The van der Waals surface area contributed by atoms with Crippen molar-refractivity contribution in [3.8, 4) is 0 Å². The van der Waals surface area contributed by atoms with Crippen molar-refractivity contribution in [2.75, 3.05) is 39.8 Å². The lowest BCUT2D eigenvalue weighted by Crippen LogP contribution is -2.59. The molecule has 1 saturated heterocycles. The van der Waals surface area contributed by atoms with Gasteiger partial charge in [0, 0.05) is 33.2 Å². The van der Waals surface area contributed by atoms with Crippen molar-refractivity contribution in [3.05, 3.63) is 12.7 Å². The summed E-state index contributed by atoms with van der Waals surface area (Å²) in [5.74, 6) is -0.594. The van der Waals surface area contributed by atoms with Gasteiger partial charge in [0.05, 0.1) is 6.54 Å². The molecular weight excluding hydrogens is 262 g/mol. The van der Waals surface area contributed by atoms with E-state index in [-0.39, 0.29) is 19.0 Å². The lowest BCUT2D eigenvalue weighted by atomic mass is 10.1. The maximum absolute atomic E-state index is 11.7. The Kier molecular flexibility index (Phi) is 6.68. The Hall–Kier alpha value is -1.93. The molecule has 0 radical (unpaired) electrons. The van der Waals surface area contributed by atoms with E-state index in [1.165, 1.54) is 6.08 Å². The van der Waals surface area contributed by atoms with Gasteiger partial charge in [0.1, 0.15) is 6.04 Å². The van der Waals surface area contributed by atoms with Crippen LogP contribution in [0.3, 0.4) is 0 Å². The average Bonchev–Trinajstić information content (AvgIpc) is 2.44. The first kappa shape index (κ1) is 16.1. The molecule has 20 heavy (non-hydrogen) atoms. The van der Waals surface area contributed by atoms with E-state index in [0.717, 1.165) is 0 Å². The number of piperazine rings is 1. The topological polar surface area (TPSA) is 103 Å². The van der Waals surface area contributed by atoms with E-state index in [0.29, 0.717) is 19.6 Å². The van der Waals surface area contributed by atoms with E-state index in [1.54, 1.807) is 11.9 Å². The number of nitrogens with one attached hydrogen (secondary N) is 4. The number of hydrogen-bond acceptors (Lipinski definition) is 5. The quantitative estimate of drug-likeness (QED) is 0.438. The van der Waals surface area contributed by atoms with Gasteiger partial charge in [-0.05, 0) is 0 Å². The zero-order valence-electron chi connectivity index (χ0n) is 11.6. The van der Waals surface area contributed by atoms with Gasteiger partial charge in [-0.3, -0.25) is 19.8 Å². The second-order valence-corrected chi connectivity index (χ2v) is 4.35. The molecule has 112 valence electrons. The third-order valence-electron chi connectivity index (χ3n) is 2.91. The molecule has 8 heteroatoms. The summed E-state index contributed by atoms with van der Waals surface area (Å²) in [5, 5.41) is 10.3. The summed E-state index contributed by atoms with van der Waals surface area (Å²) in [5.41, 5.74) is 0. The molecule has 0 aromatic carbocycles. The van der Waals surface area contributed by atoms with Crippen LogP contribution in [0.5, 0.6) is 0 Å². The Morgan fingerprint density at radius 3 is 2.85 bits per heavy atom. The van der Waals surface area contributed by atoms with Crippen molar-refractivity contribution in [2.24, 2.45) is 0 Å². The van der Waals surface area contributed by atoms with Crippen molar-refractivity contribution >= 4 is 17.8 Å². The predicted molar refractivity (Wildman–Crippen MR) is 74.0 cm³/mol. The van der Waals surface area contributed by atoms with E-state index in [9.17, 15) is 14.4 Å². The molecule has 1 aliphatic heterocycles. The van der Waals surface area contributed by atoms with Gasteiger partial charge in [-0.15, -0.1) is 6.58 Å². The molecular formula is C12H21N5O3. The second kappa shape index (κ2) is 8.28. The molecule has 0 aromatic rings. The fourth-order valence-electron chi connectivity index (χ4n) is 1.92. The summed E-state index contributed by atoms with van der Waals surface area (Å²) in [6.45, 7) is 5.49. The first-order valence-electron chi connectivity index (χ1n) is 6.43. The highest BCUT2D eigenvalue weighted by atomic mass is 16.2. The number of likely N-dealkylation sites (N-methyl/N-ethyl adjacent to an activating group) is 1. The number of rotatable bonds is 5. The van der Waals surface area contributed by atoms with Crippen molar-refractivity contribution < 1.29 is 14.4 Å². The van der Waals surface area contributed by atoms with Gasteiger partial charge in [0.15, 0.2) is 0 Å². The first-order chi connectivity index (χ1) is 9.58. The number of carbonyl (C=O) groups is 3. The van der Waals surface area contributed by atoms with E-state index in [4.69, 9.17) is 0 Å². The molecule has 0 bridgehead atoms. The van der Waals surface area contributed by atoms with E-state index in [2.05, 4.69) is 27.8 Å². The fraction of sp³-hybridized carbons (Fsp3) is 0.583. The zero-order valence-corrected chi connectivity index (χ0v) is 11.6. The second-order valence-electron chi connectivity index (χ2n) is 4.35. The normalized spacial score (nSPS) is 18.9. The minimum atomic E-state index is -0.568. The van der Waals surface area contributed by atoms with Crippen molar-refractivity contribution in [2.45, 2.75) is 6.04 Å². The number of hydrogen-bond donors (Lipinski definition) is 4. The highest BCUT2D eigenvalue weighted by molar-refractivity contribution is 5.95. The van der Waals surface area contributed by atoms with Crippen LogP contribution >= 0.6 is 0 Å². The smallest absolute Gasteiger partial charge is 0.321 e. The largest absolute Gasteiger partial charge is 0.358 e. The summed E-state index contributed by atoms with van der Waals surface area (Å²) >= 11 is 0. The summed E-state index contributed by atoms with van der Waals surface area (Å²) in [7, 11) is 1.55. The number of imide groups is 1. The van der Waals surface area contributed by atoms with Crippen LogP contribution in [-0.4, -0.2) is 68.6 Å². The molecule has 0 saturated carbocycles. The molecule has 8 nitrogen and oxygen atoms in total. The highest BCUT2D eigenvalue weighted by Crippen LogP contribution is 2.02. The van der Waals surface area contributed by atoms with Gasteiger partial charge < -0.3 is 16.0 Å². The van der Waals surface area contributed by atoms with Gasteiger partial charge >= 0.3 is 6.03 Å². The summed E-state index contributed by atoms with van der Waals surface area (Å²) in [6.07, 6.45) is 1.52. The summed E-state index contributed by atoms with van der Waals surface area (Å²) < 4.78 is 0. The number of nitrogens with zero attached hydrogens (tertiary/aromatic N) is 1. The Morgan fingerprint density at radius 2 is 2.20 bits per heavy atom. The molecule has 4 amide bonds. The van der Waals surface area contributed by atoms with Crippen LogP contribution in [0, 0.1) is 0 Å². The molecule has 0 aromatic heterocycles. The Bertz CT molecular complexity index is 385. The minimum Gasteiger partial charge on any atom is -0.358 e. The standard InChI is InChI=1S/C12H21N5O3/c1-3-4-15-12(20)16-10(18)8-17-6-5-14-7-9(17)11(19)13-2/h3,9,14H,1,4-8H2,2H3,(H,13,19)(H2,15,16,18,20). The first-order valence-corrected chi connectivity index (χ1v) is 6.43. The van der Waals surface area contributed by atoms with Crippen LogP contribution in [0.4, 0.5) is 4.79 Å². The molecule has 1 unspecified atom stereocenters. The van der Waals surface area contributed by atoms with Crippen LogP contribution in [0.25, 0.3) is 0 Å². The van der Waals surface area contributed by atoms with Crippen LogP contribution in [0.15, 0.2) is 12.7 Å². The highest BCUT2D eigenvalue weighted by Gasteiger charge is 2.29. The maximum Gasteiger partial charge on any atom is 0.321 e. The maximum atomic E-state index is 11.7. The Balaban J connectivity index is 2.47. The number of urea groups is 1. The minimum absolute atomic E-state index is 0.00127. The lowest BCUT2D eigenvalue weighted by Gasteiger charge is -2.34. The molecule has 0 aliphatic carbocycles. The fourth-order valence-corrected chi connectivity index (χ4v) is 1.92. The van der Waals surface area contributed by atoms with Gasteiger partial charge in [-0.2, -0.15) is 0 Å². The summed E-state index contributed by atoms with van der Waals surface area (Å²) in [6, 6.07) is -0.975. The molecule has 1 aliphatic rings. The lowest BCUT2D eigenvalue weighted by molar-refractivity contribution is -0.128. The average molecular weight is 283 g/mol. The number of carbonyl (C=O) groups excluding carboxylic acids is 3. The molecule has 1 atom stereocenters. The molecule has 4 N–H and O–H groups in total. The Morgan fingerprint density at radius 1 is 1.45 bits per heavy atom. The van der Waals surface area contributed by atoms with Gasteiger partial charge in [-0.1, -0.05) is 6.08 Å². The van der Waals surface area contributed by atoms with Crippen molar-refractivity contribution in [1.29, 1.82) is 0 Å². The zero-order chi connectivity index (χ0) is 15.0. The SMILES string of the molecule is C=CCNC(=O)NC(=O)CN1CCNCC1C(=O)NC. The van der Waals surface area contributed by atoms with E-state index < -0.39 is 18.0 Å². The monoisotopic (exact) mass is 283 g/mol. The third kappa shape index (κ3) is 4.98. The van der Waals surface area contributed by atoms with Crippen molar-refractivity contribution in [3.63, 3.8) is 0 Å². The van der Waals surface area contributed by atoms with Crippen molar-refractivity contribution in [1.82, 2.24) is 26.2 Å². The third-order valence-corrected chi connectivity index (χ3v) is 2.91. The molecule has 0 spiro atoms. The predicted octanol–water partition coefficient (Wildman–Crippen LogP) is -1.98. The van der Waals surface area contributed by atoms with Crippen LogP contribution in [0.2, 0.25) is 0 Å². The van der Waals surface area contributed by atoms with Crippen LogP contribution < -0.4 is 21.3 Å². The molecule has 1 heterocycles. The van der Waals surface area contributed by atoms with Crippen LogP contribution in [0.1, 0.15) is 0 Å². The molecule has 1 rings (SSSR count). The Labute approximate surface area is 118 Å². The number of amides is 4. The van der Waals surface area contributed by atoms with Gasteiger partial charge in [0.2, 0.25) is 11.8 Å². The van der Waals surface area contributed by atoms with Gasteiger partial charge in [0.25, 0.3) is 0 Å². The van der Waals surface area contributed by atoms with E-state index in [1.807, 2.05) is 0 Å². The van der Waals surface area contributed by atoms with E-state index >= 15 is 0 Å². The molecule has 1 fully saturated rings. The van der Waals surface area contributed by atoms with Crippen LogP contribution in [-0.2, 0) is 9.59 Å².